The molecule has 0 aromatic heterocycles. The van der Waals surface area contributed by atoms with Gasteiger partial charge in [-0.05, 0) is 47.0 Å². The number of anilines is 1. The van der Waals surface area contributed by atoms with Gasteiger partial charge in [0.15, 0.2) is 0 Å². The van der Waals surface area contributed by atoms with Gasteiger partial charge in [-0.1, -0.05) is 6.07 Å². The minimum absolute atomic E-state index is 0.143. The number of hydrogen-bond acceptors (Lipinski definition) is 3. The van der Waals surface area contributed by atoms with Crippen LogP contribution in [0.1, 0.15) is 25.0 Å². The first-order chi connectivity index (χ1) is 8.99. The highest BCUT2D eigenvalue weighted by Gasteiger charge is 2.20. The van der Waals surface area contributed by atoms with Gasteiger partial charge in [-0.3, -0.25) is 4.79 Å². The summed E-state index contributed by atoms with van der Waals surface area (Å²) >= 11 is 3.53. The summed E-state index contributed by atoms with van der Waals surface area (Å²) in [7, 11) is 1.84. The predicted molar refractivity (Wildman–Crippen MR) is 79.2 cm³/mol. The van der Waals surface area contributed by atoms with E-state index in [1.165, 1.54) is 0 Å². The van der Waals surface area contributed by atoms with Crippen molar-refractivity contribution in [2.75, 3.05) is 31.6 Å². The standard InChI is InChI=1S/C14H19BrN2O2/c1-10(18)11-4-5-13(12(15)8-11)17-7-3-6-16(2)14(19)9-17/h4-5,8,10,18H,3,6-7,9H2,1-2H3. The smallest absolute Gasteiger partial charge is 0.241 e. The van der Waals surface area contributed by atoms with Crippen LogP contribution < -0.4 is 4.90 Å². The lowest BCUT2D eigenvalue weighted by atomic mass is 10.1. The lowest BCUT2D eigenvalue weighted by Gasteiger charge is -2.24. The van der Waals surface area contributed by atoms with Gasteiger partial charge in [-0.2, -0.15) is 0 Å². The molecule has 0 bridgehead atoms. The van der Waals surface area contributed by atoms with Crippen molar-refractivity contribution in [3.05, 3.63) is 28.2 Å². The molecule has 1 atom stereocenters. The van der Waals surface area contributed by atoms with Crippen LogP contribution in [0.2, 0.25) is 0 Å². The van der Waals surface area contributed by atoms with Gasteiger partial charge >= 0.3 is 0 Å². The van der Waals surface area contributed by atoms with E-state index in [9.17, 15) is 9.90 Å². The van der Waals surface area contributed by atoms with Crippen molar-refractivity contribution in [3.63, 3.8) is 0 Å². The third-order valence-corrected chi connectivity index (χ3v) is 4.10. The number of aliphatic hydroxyl groups is 1. The van der Waals surface area contributed by atoms with E-state index in [1.54, 1.807) is 11.8 Å². The largest absolute Gasteiger partial charge is 0.389 e. The summed E-state index contributed by atoms with van der Waals surface area (Å²) in [5, 5.41) is 9.58. The fraction of sp³-hybridized carbons (Fsp3) is 0.500. The first-order valence-electron chi connectivity index (χ1n) is 6.45. The van der Waals surface area contributed by atoms with Gasteiger partial charge in [0.2, 0.25) is 5.91 Å². The molecule has 1 aliphatic rings. The van der Waals surface area contributed by atoms with E-state index in [0.29, 0.717) is 6.54 Å². The van der Waals surface area contributed by atoms with Gasteiger partial charge < -0.3 is 14.9 Å². The average Bonchev–Trinajstić information content (AvgIpc) is 2.52. The van der Waals surface area contributed by atoms with Crippen molar-refractivity contribution in [1.82, 2.24) is 4.90 Å². The molecule has 1 amide bonds. The van der Waals surface area contributed by atoms with Gasteiger partial charge in [0, 0.05) is 24.6 Å². The SMILES string of the molecule is CC(O)c1ccc(N2CCCN(C)C(=O)C2)c(Br)c1. The molecule has 1 fully saturated rings. The Labute approximate surface area is 122 Å². The van der Waals surface area contributed by atoms with Gasteiger partial charge in [0.25, 0.3) is 0 Å². The molecule has 1 N–H and O–H groups in total. The van der Waals surface area contributed by atoms with Crippen molar-refractivity contribution in [2.24, 2.45) is 0 Å². The molecule has 104 valence electrons. The number of aliphatic hydroxyl groups excluding tert-OH is 1. The second-order valence-electron chi connectivity index (χ2n) is 4.98. The molecule has 5 heteroatoms. The number of hydrogen-bond donors (Lipinski definition) is 1. The number of carbonyl (C=O) groups excluding carboxylic acids is 1. The van der Waals surface area contributed by atoms with Crippen LogP contribution in [-0.2, 0) is 4.79 Å². The Bertz CT molecular complexity index is 477. The van der Waals surface area contributed by atoms with E-state index in [4.69, 9.17) is 0 Å². The number of benzene rings is 1. The number of carbonyl (C=O) groups is 1. The van der Waals surface area contributed by atoms with E-state index in [2.05, 4.69) is 20.8 Å². The van der Waals surface area contributed by atoms with Crippen LogP contribution in [0.25, 0.3) is 0 Å². The fourth-order valence-electron chi connectivity index (χ4n) is 2.23. The lowest BCUT2D eigenvalue weighted by Crippen LogP contribution is -2.34. The Hall–Kier alpha value is -1.07. The molecule has 0 saturated carbocycles. The second kappa shape index (κ2) is 5.92. The molecule has 0 radical (unpaired) electrons. The summed E-state index contributed by atoms with van der Waals surface area (Å²) in [6.07, 6.45) is 0.481. The zero-order valence-electron chi connectivity index (χ0n) is 11.3. The topological polar surface area (TPSA) is 43.8 Å². The molecule has 1 heterocycles. The van der Waals surface area contributed by atoms with Crippen LogP contribution in [-0.4, -0.2) is 42.6 Å². The fourth-order valence-corrected chi connectivity index (χ4v) is 2.88. The number of halogens is 1. The van der Waals surface area contributed by atoms with Crippen molar-refractivity contribution < 1.29 is 9.90 Å². The van der Waals surface area contributed by atoms with Crippen LogP contribution in [0.15, 0.2) is 22.7 Å². The molecule has 1 aromatic rings. The molecule has 1 aliphatic heterocycles. The number of nitrogens with zero attached hydrogens (tertiary/aromatic N) is 2. The minimum Gasteiger partial charge on any atom is -0.389 e. The van der Waals surface area contributed by atoms with Crippen molar-refractivity contribution >= 4 is 27.5 Å². The molecular formula is C14H19BrN2O2. The first-order valence-corrected chi connectivity index (χ1v) is 7.25. The molecule has 1 saturated heterocycles. The zero-order chi connectivity index (χ0) is 14.0. The van der Waals surface area contributed by atoms with Crippen molar-refractivity contribution in [3.8, 4) is 0 Å². The summed E-state index contributed by atoms with van der Waals surface area (Å²) < 4.78 is 0.920. The first kappa shape index (κ1) is 14.3. The van der Waals surface area contributed by atoms with Crippen LogP contribution in [0.4, 0.5) is 5.69 Å². The van der Waals surface area contributed by atoms with Gasteiger partial charge in [-0.15, -0.1) is 0 Å². The van der Waals surface area contributed by atoms with Gasteiger partial charge in [0.05, 0.1) is 18.3 Å². The van der Waals surface area contributed by atoms with Gasteiger partial charge in [0.1, 0.15) is 0 Å². The van der Waals surface area contributed by atoms with Crippen molar-refractivity contribution in [2.45, 2.75) is 19.4 Å². The predicted octanol–water partition coefficient (Wildman–Crippen LogP) is 2.17. The summed E-state index contributed by atoms with van der Waals surface area (Å²) in [6.45, 7) is 3.82. The van der Waals surface area contributed by atoms with E-state index >= 15 is 0 Å². The molecular weight excluding hydrogens is 308 g/mol. The van der Waals surface area contributed by atoms with Crippen LogP contribution in [0.3, 0.4) is 0 Å². The molecule has 19 heavy (non-hydrogen) atoms. The average molecular weight is 327 g/mol. The number of rotatable bonds is 2. The molecule has 1 aromatic carbocycles. The maximum absolute atomic E-state index is 11.9. The third-order valence-electron chi connectivity index (χ3n) is 3.47. The summed E-state index contributed by atoms with van der Waals surface area (Å²) in [5.41, 5.74) is 1.88. The Kier molecular flexibility index (Phi) is 4.47. The Balaban J connectivity index is 2.24. The number of likely N-dealkylation sites (N-methyl/N-ethyl adjacent to an activating group) is 1. The third kappa shape index (κ3) is 3.28. The lowest BCUT2D eigenvalue weighted by molar-refractivity contribution is -0.127. The van der Waals surface area contributed by atoms with Gasteiger partial charge in [-0.25, -0.2) is 0 Å². The molecule has 2 rings (SSSR count). The quantitative estimate of drug-likeness (QED) is 0.905. The molecule has 0 spiro atoms. The highest BCUT2D eigenvalue weighted by Crippen LogP contribution is 2.30. The van der Waals surface area contributed by atoms with Crippen molar-refractivity contribution in [1.29, 1.82) is 0 Å². The minimum atomic E-state index is -0.484. The highest BCUT2D eigenvalue weighted by molar-refractivity contribution is 9.10. The Morgan fingerprint density at radius 1 is 1.37 bits per heavy atom. The summed E-state index contributed by atoms with van der Waals surface area (Å²) in [4.78, 5) is 15.8. The zero-order valence-corrected chi connectivity index (χ0v) is 12.9. The highest BCUT2D eigenvalue weighted by atomic mass is 79.9. The Morgan fingerprint density at radius 2 is 2.11 bits per heavy atom. The van der Waals surface area contributed by atoms with E-state index in [0.717, 1.165) is 35.2 Å². The maximum atomic E-state index is 11.9. The normalized spacial score (nSPS) is 18.4. The van der Waals surface area contributed by atoms with E-state index in [-0.39, 0.29) is 5.91 Å². The Morgan fingerprint density at radius 3 is 2.74 bits per heavy atom. The molecule has 1 unspecified atom stereocenters. The number of amides is 1. The molecule has 0 aliphatic carbocycles. The monoisotopic (exact) mass is 326 g/mol. The van der Waals surface area contributed by atoms with E-state index < -0.39 is 6.10 Å². The van der Waals surface area contributed by atoms with E-state index in [1.807, 2.05) is 25.2 Å². The molecule has 4 nitrogen and oxygen atoms in total. The van der Waals surface area contributed by atoms with Crippen LogP contribution in [0.5, 0.6) is 0 Å². The van der Waals surface area contributed by atoms with Crippen LogP contribution in [0, 0.1) is 0 Å². The second-order valence-corrected chi connectivity index (χ2v) is 5.83. The van der Waals surface area contributed by atoms with Crippen LogP contribution >= 0.6 is 15.9 Å². The maximum Gasteiger partial charge on any atom is 0.241 e. The summed E-state index contributed by atoms with van der Waals surface area (Å²) in [5.74, 6) is 0.143. The summed E-state index contributed by atoms with van der Waals surface area (Å²) in [6, 6.07) is 5.79.